The first-order valence-corrected chi connectivity index (χ1v) is 7.27. The second kappa shape index (κ2) is 6.12. The van der Waals surface area contributed by atoms with Gasteiger partial charge < -0.3 is 9.47 Å². The van der Waals surface area contributed by atoms with Crippen LogP contribution in [0, 0.1) is 6.92 Å². The van der Waals surface area contributed by atoms with Crippen molar-refractivity contribution in [3.8, 4) is 0 Å². The molecule has 0 saturated carbocycles. The number of aryl methyl sites for hydroxylation is 1. The Kier molecular flexibility index (Phi) is 4.75. The highest BCUT2D eigenvalue weighted by atomic mass is 32.1. The van der Waals surface area contributed by atoms with E-state index in [-0.39, 0.29) is 11.6 Å². The Balaban J connectivity index is 2.26. The van der Waals surface area contributed by atoms with E-state index in [2.05, 4.69) is 24.5 Å². The van der Waals surface area contributed by atoms with Gasteiger partial charge in [-0.2, -0.15) is 0 Å². The van der Waals surface area contributed by atoms with Crippen molar-refractivity contribution in [2.45, 2.75) is 38.3 Å². The summed E-state index contributed by atoms with van der Waals surface area (Å²) in [4.78, 5) is 2.54. The zero-order valence-corrected chi connectivity index (χ0v) is 11.9. The van der Waals surface area contributed by atoms with Gasteiger partial charge in [-0.3, -0.25) is 5.84 Å². The molecule has 1 fully saturated rings. The SMILES string of the molecule is CCOC1(C(NN)c2ccc(C)s2)CCOCC1. The molecule has 1 aliphatic heterocycles. The van der Waals surface area contributed by atoms with Crippen molar-refractivity contribution >= 4 is 11.3 Å². The maximum absolute atomic E-state index is 6.07. The highest BCUT2D eigenvalue weighted by Crippen LogP contribution is 2.39. The van der Waals surface area contributed by atoms with Crippen LogP contribution in [0.25, 0.3) is 0 Å². The number of hydrazine groups is 1. The Morgan fingerprint density at radius 2 is 2.22 bits per heavy atom. The summed E-state index contributed by atoms with van der Waals surface area (Å²) in [5.41, 5.74) is 2.72. The average Bonchev–Trinajstić information content (AvgIpc) is 2.78. The van der Waals surface area contributed by atoms with Crippen LogP contribution in [-0.4, -0.2) is 25.4 Å². The molecule has 0 aliphatic carbocycles. The lowest BCUT2D eigenvalue weighted by Crippen LogP contribution is -2.51. The number of thiophene rings is 1. The summed E-state index contributed by atoms with van der Waals surface area (Å²) < 4.78 is 11.5. The van der Waals surface area contributed by atoms with Crippen molar-refractivity contribution in [1.29, 1.82) is 0 Å². The molecule has 1 atom stereocenters. The van der Waals surface area contributed by atoms with Crippen LogP contribution in [0.5, 0.6) is 0 Å². The minimum atomic E-state index is -0.237. The largest absolute Gasteiger partial charge is 0.381 e. The summed E-state index contributed by atoms with van der Waals surface area (Å²) in [6, 6.07) is 4.31. The zero-order valence-electron chi connectivity index (χ0n) is 11.1. The third kappa shape index (κ3) is 2.75. The number of ether oxygens (including phenoxy) is 2. The van der Waals surface area contributed by atoms with Gasteiger partial charge in [0, 0.05) is 42.4 Å². The first-order chi connectivity index (χ1) is 8.72. The highest BCUT2D eigenvalue weighted by molar-refractivity contribution is 7.12. The van der Waals surface area contributed by atoms with Gasteiger partial charge in [-0.15, -0.1) is 11.3 Å². The minimum Gasteiger partial charge on any atom is -0.381 e. The molecule has 0 amide bonds. The van der Waals surface area contributed by atoms with Gasteiger partial charge in [0.15, 0.2) is 0 Å². The fourth-order valence-corrected chi connectivity index (χ4v) is 3.67. The van der Waals surface area contributed by atoms with Gasteiger partial charge >= 0.3 is 0 Å². The van der Waals surface area contributed by atoms with Gasteiger partial charge in [0.1, 0.15) is 0 Å². The van der Waals surface area contributed by atoms with E-state index in [1.807, 2.05) is 6.92 Å². The molecular weight excluding hydrogens is 248 g/mol. The average molecular weight is 270 g/mol. The maximum Gasteiger partial charge on any atom is 0.0940 e. The summed E-state index contributed by atoms with van der Waals surface area (Å²) in [6.07, 6.45) is 1.76. The summed E-state index contributed by atoms with van der Waals surface area (Å²) in [5, 5.41) is 0. The van der Waals surface area contributed by atoms with E-state index in [0.29, 0.717) is 6.61 Å². The number of nitrogens with one attached hydrogen (secondary N) is 1. The quantitative estimate of drug-likeness (QED) is 0.636. The van der Waals surface area contributed by atoms with E-state index in [9.17, 15) is 0 Å². The number of rotatable bonds is 5. The molecule has 0 bridgehead atoms. The lowest BCUT2D eigenvalue weighted by atomic mass is 9.85. The van der Waals surface area contributed by atoms with Crippen LogP contribution in [-0.2, 0) is 9.47 Å². The van der Waals surface area contributed by atoms with Crippen LogP contribution in [0.2, 0.25) is 0 Å². The minimum absolute atomic E-state index is 0.0417. The lowest BCUT2D eigenvalue weighted by molar-refractivity contribution is -0.127. The number of hydrogen-bond acceptors (Lipinski definition) is 5. The molecular formula is C13H22N2O2S. The van der Waals surface area contributed by atoms with Crippen molar-refractivity contribution < 1.29 is 9.47 Å². The molecule has 1 aromatic heterocycles. The molecule has 18 heavy (non-hydrogen) atoms. The Bertz CT molecular complexity index is 369. The third-order valence-electron chi connectivity index (χ3n) is 3.51. The maximum atomic E-state index is 6.07. The molecule has 5 heteroatoms. The first-order valence-electron chi connectivity index (χ1n) is 6.46. The van der Waals surface area contributed by atoms with Crippen molar-refractivity contribution in [3.05, 3.63) is 21.9 Å². The van der Waals surface area contributed by atoms with Crippen LogP contribution in [0.4, 0.5) is 0 Å². The lowest BCUT2D eigenvalue weighted by Gasteiger charge is -2.42. The second-order valence-corrected chi connectivity index (χ2v) is 5.98. The standard InChI is InChI=1S/C13H22N2O2S/c1-3-17-13(6-8-16-9-7-13)12(15-14)11-5-4-10(2)18-11/h4-5,12,15H,3,6-9,14H2,1-2H3. The second-order valence-electron chi connectivity index (χ2n) is 4.66. The van der Waals surface area contributed by atoms with E-state index in [1.165, 1.54) is 9.75 Å². The van der Waals surface area contributed by atoms with E-state index in [0.717, 1.165) is 26.1 Å². The van der Waals surface area contributed by atoms with E-state index < -0.39 is 0 Å². The van der Waals surface area contributed by atoms with Crippen LogP contribution in [0.3, 0.4) is 0 Å². The van der Waals surface area contributed by atoms with Crippen molar-refractivity contribution in [2.24, 2.45) is 5.84 Å². The van der Waals surface area contributed by atoms with Crippen molar-refractivity contribution in [3.63, 3.8) is 0 Å². The fraction of sp³-hybridized carbons (Fsp3) is 0.692. The molecule has 0 aromatic carbocycles. The van der Waals surface area contributed by atoms with Crippen molar-refractivity contribution in [1.82, 2.24) is 5.43 Å². The molecule has 102 valence electrons. The molecule has 2 heterocycles. The van der Waals surface area contributed by atoms with Crippen LogP contribution in [0.1, 0.15) is 35.6 Å². The third-order valence-corrected chi connectivity index (χ3v) is 4.57. The van der Waals surface area contributed by atoms with Crippen molar-refractivity contribution in [2.75, 3.05) is 19.8 Å². The Morgan fingerprint density at radius 1 is 1.50 bits per heavy atom. The molecule has 0 spiro atoms. The first kappa shape index (κ1) is 14.0. The van der Waals surface area contributed by atoms with Crippen LogP contribution < -0.4 is 11.3 Å². The number of hydrogen-bond donors (Lipinski definition) is 2. The van der Waals surface area contributed by atoms with Gasteiger partial charge in [-0.1, -0.05) is 0 Å². The van der Waals surface area contributed by atoms with E-state index in [4.69, 9.17) is 15.3 Å². The fourth-order valence-electron chi connectivity index (χ4n) is 2.62. The summed E-state index contributed by atoms with van der Waals surface area (Å²) in [5.74, 6) is 5.80. The predicted molar refractivity (Wildman–Crippen MR) is 73.5 cm³/mol. The monoisotopic (exact) mass is 270 g/mol. The molecule has 3 N–H and O–H groups in total. The predicted octanol–water partition coefficient (Wildman–Crippen LogP) is 2.15. The molecule has 0 radical (unpaired) electrons. The van der Waals surface area contributed by atoms with E-state index >= 15 is 0 Å². The summed E-state index contributed by atoms with van der Waals surface area (Å²) in [7, 11) is 0. The Morgan fingerprint density at radius 3 is 2.72 bits per heavy atom. The molecule has 1 aromatic rings. The molecule has 4 nitrogen and oxygen atoms in total. The zero-order chi connectivity index (χ0) is 13.0. The van der Waals surface area contributed by atoms with Gasteiger partial charge in [0.2, 0.25) is 0 Å². The molecule has 1 aliphatic rings. The highest BCUT2D eigenvalue weighted by Gasteiger charge is 2.42. The van der Waals surface area contributed by atoms with Gasteiger partial charge in [-0.05, 0) is 26.0 Å². The van der Waals surface area contributed by atoms with Crippen LogP contribution >= 0.6 is 11.3 Å². The van der Waals surface area contributed by atoms with Gasteiger partial charge in [-0.25, -0.2) is 5.43 Å². The Labute approximate surface area is 112 Å². The number of nitrogens with two attached hydrogens (primary N) is 1. The topological polar surface area (TPSA) is 56.5 Å². The van der Waals surface area contributed by atoms with Gasteiger partial charge in [0.05, 0.1) is 11.6 Å². The smallest absolute Gasteiger partial charge is 0.0940 e. The summed E-state index contributed by atoms with van der Waals surface area (Å²) >= 11 is 1.78. The normalized spacial score (nSPS) is 20.8. The van der Waals surface area contributed by atoms with Crippen LogP contribution in [0.15, 0.2) is 12.1 Å². The molecule has 2 rings (SSSR count). The summed E-state index contributed by atoms with van der Waals surface area (Å²) in [6.45, 7) is 6.32. The van der Waals surface area contributed by atoms with Gasteiger partial charge in [0.25, 0.3) is 0 Å². The molecule has 1 saturated heterocycles. The van der Waals surface area contributed by atoms with E-state index in [1.54, 1.807) is 11.3 Å². The Hall–Kier alpha value is -0.460. The molecule has 1 unspecified atom stereocenters.